The lowest BCUT2D eigenvalue weighted by molar-refractivity contribution is -0.114. The Morgan fingerprint density at radius 2 is 1.92 bits per heavy atom. The Morgan fingerprint density at radius 1 is 1.17 bits per heavy atom. The lowest BCUT2D eigenvalue weighted by Crippen LogP contribution is -2.04. The molecule has 0 fully saturated rings. The van der Waals surface area contributed by atoms with Crippen LogP contribution in [-0.4, -0.2) is 20.9 Å². The molecule has 2 heterocycles. The fourth-order valence-corrected chi connectivity index (χ4v) is 3.05. The predicted molar refractivity (Wildman–Crippen MR) is 100 cm³/mol. The number of aromatic nitrogens is 3. The largest absolute Gasteiger partial charge is 0.302 e. The number of hydrogen-bond acceptors (Lipinski definition) is 5. The smallest absolute Gasteiger partial charge is 0.223 e. The Labute approximate surface area is 146 Å². The minimum absolute atomic E-state index is 0.114. The molecule has 0 atom stereocenters. The number of benzene rings is 1. The first-order valence-electron chi connectivity index (χ1n) is 8.04. The molecule has 3 aromatic rings. The standard InChI is InChI=1S/C16H16N4OS.C2H6/c1-9(2)15-17-7-6-12(19-15)11-4-5-13-14(8-11)22-16(20-13)18-10(3)21;1-2/h4-9H,1-3H3,(H,18,20,21);1-2H3. The van der Waals surface area contributed by atoms with E-state index in [1.54, 1.807) is 6.20 Å². The number of rotatable bonds is 3. The second kappa shape index (κ2) is 7.97. The summed E-state index contributed by atoms with van der Waals surface area (Å²) in [5.74, 6) is 1.01. The van der Waals surface area contributed by atoms with Gasteiger partial charge < -0.3 is 5.32 Å². The molecule has 1 amide bonds. The van der Waals surface area contributed by atoms with E-state index in [1.165, 1.54) is 18.3 Å². The molecule has 1 N–H and O–H groups in total. The number of amides is 1. The minimum Gasteiger partial charge on any atom is -0.302 e. The van der Waals surface area contributed by atoms with Gasteiger partial charge in [0.2, 0.25) is 5.91 Å². The first-order valence-corrected chi connectivity index (χ1v) is 8.86. The first-order chi connectivity index (χ1) is 11.5. The third kappa shape index (κ3) is 4.14. The van der Waals surface area contributed by atoms with Crippen LogP contribution in [0.25, 0.3) is 21.5 Å². The second-order valence-electron chi connectivity index (χ2n) is 5.34. The summed E-state index contributed by atoms with van der Waals surface area (Å²) in [6, 6.07) is 7.89. The summed E-state index contributed by atoms with van der Waals surface area (Å²) in [7, 11) is 0. The van der Waals surface area contributed by atoms with Crippen LogP contribution in [0.5, 0.6) is 0 Å². The van der Waals surface area contributed by atoms with Crippen molar-refractivity contribution in [3.8, 4) is 11.3 Å². The van der Waals surface area contributed by atoms with Crippen molar-refractivity contribution in [3.63, 3.8) is 0 Å². The molecule has 2 aromatic heterocycles. The van der Waals surface area contributed by atoms with E-state index < -0.39 is 0 Å². The van der Waals surface area contributed by atoms with Crippen LogP contribution in [0.4, 0.5) is 5.13 Å². The maximum atomic E-state index is 11.1. The fourth-order valence-electron chi connectivity index (χ4n) is 2.10. The van der Waals surface area contributed by atoms with Gasteiger partial charge in [-0.15, -0.1) is 0 Å². The average Bonchev–Trinajstić information content (AvgIpc) is 2.97. The van der Waals surface area contributed by atoms with E-state index in [2.05, 4.69) is 34.1 Å². The van der Waals surface area contributed by atoms with Crippen molar-refractivity contribution >= 4 is 32.6 Å². The zero-order valence-corrected chi connectivity index (χ0v) is 15.4. The number of anilines is 1. The van der Waals surface area contributed by atoms with Gasteiger partial charge in [-0.2, -0.15) is 0 Å². The molecule has 0 aliphatic heterocycles. The van der Waals surface area contributed by atoms with Crippen LogP contribution in [0.2, 0.25) is 0 Å². The summed E-state index contributed by atoms with van der Waals surface area (Å²) in [5, 5.41) is 3.34. The summed E-state index contributed by atoms with van der Waals surface area (Å²) in [5.41, 5.74) is 2.79. The number of hydrogen-bond donors (Lipinski definition) is 1. The molecule has 24 heavy (non-hydrogen) atoms. The number of carbonyl (C=O) groups excluding carboxylic acids is 1. The van der Waals surface area contributed by atoms with Gasteiger partial charge in [0.1, 0.15) is 5.82 Å². The maximum absolute atomic E-state index is 11.1. The number of carbonyl (C=O) groups is 1. The van der Waals surface area contributed by atoms with Crippen LogP contribution in [-0.2, 0) is 4.79 Å². The van der Waals surface area contributed by atoms with E-state index in [4.69, 9.17) is 0 Å². The van der Waals surface area contributed by atoms with Crippen LogP contribution in [0.1, 0.15) is 46.4 Å². The first kappa shape index (κ1) is 18.0. The minimum atomic E-state index is -0.114. The van der Waals surface area contributed by atoms with E-state index in [9.17, 15) is 4.79 Å². The van der Waals surface area contributed by atoms with Gasteiger partial charge in [0.25, 0.3) is 0 Å². The van der Waals surface area contributed by atoms with Crippen molar-refractivity contribution in [3.05, 3.63) is 36.3 Å². The molecule has 0 bridgehead atoms. The van der Waals surface area contributed by atoms with Crippen LogP contribution in [0.3, 0.4) is 0 Å². The molecule has 0 spiro atoms. The molecular weight excluding hydrogens is 320 g/mol. The Balaban J connectivity index is 0.00000100. The van der Waals surface area contributed by atoms with Gasteiger partial charge in [-0.25, -0.2) is 15.0 Å². The highest BCUT2D eigenvalue weighted by molar-refractivity contribution is 7.22. The van der Waals surface area contributed by atoms with Gasteiger partial charge >= 0.3 is 0 Å². The highest BCUT2D eigenvalue weighted by Gasteiger charge is 2.09. The Hall–Kier alpha value is -2.34. The normalized spacial score (nSPS) is 10.4. The Bertz CT molecular complexity index is 842. The maximum Gasteiger partial charge on any atom is 0.223 e. The summed E-state index contributed by atoms with van der Waals surface area (Å²) in [6.45, 7) is 9.63. The number of nitrogens with zero attached hydrogens (tertiary/aromatic N) is 3. The van der Waals surface area contributed by atoms with Gasteiger partial charge in [0, 0.05) is 24.6 Å². The average molecular weight is 342 g/mol. The molecule has 0 saturated carbocycles. The van der Waals surface area contributed by atoms with Gasteiger partial charge in [-0.1, -0.05) is 45.1 Å². The molecule has 0 aliphatic rings. The van der Waals surface area contributed by atoms with Crippen molar-refractivity contribution in [1.29, 1.82) is 0 Å². The number of thiazole rings is 1. The van der Waals surface area contributed by atoms with Crippen molar-refractivity contribution in [2.45, 2.75) is 40.5 Å². The van der Waals surface area contributed by atoms with E-state index in [1.807, 2.05) is 38.1 Å². The van der Waals surface area contributed by atoms with Gasteiger partial charge in [-0.3, -0.25) is 4.79 Å². The van der Waals surface area contributed by atoms with Crippen LogP contribution < -0.4 is 5.32 Å². The van der Waals surface area contributed by atoms with Crippen molar-refractivity contribution in [2.75, 3.05) is 5.32 Å². The van der Waals surface area contributed by atoms with E-state index in [-0.39, 0.29) is 5.91 Å². The highest BCUT2D eigenvalue weighted by Crippen LogP contribution is 2.30. The van der Waals surface area contributed by atoms with Crippen LogP contribution in [0, 0.1) is 0 Å². The summed E-state index contributed by atoms with van der Waals surface area (Å²) >= 11 is 1.46. The Kier molecular flexibility index (Phi) is 5.98. The zero-order chi connectivity index (χ0) is 17.7. The summed E-state index contributed by atoms with van der Waals surface area (Å²) in [6.07, 6.45) is 1.79. The lowest BCUT2D eigenvalue weighted by atomic mass is 10.1. The quantitative estimate of drug-likeness (QED) is 0.738. The fraction of sp³-hybridized carbons (Fsp3) is 0.333. The van der Waals surface area contributed by atoms with E-state index >= 15 is 0 Å². The molecule has 0 unspecified atom stereocenters. The third-order valence-electron chi connectivity index (χ3n) is 3.16. The van der Waals surface area contributed by atoms with Crippen LogP contribution >= 0.6 is 11.3 Å². The molecule has 5 nitrogen and oxygen atoms in total. The predicted octanol–water partition coefficient (Wildman–Crippen LogP) is 4.86. The van der Waals surface area contributed by atoms with Gasteiger partial charge in [0.15, 0.2) is 5.13 Å². The number of fused-ring (bicyclic) bond motifs is 1. The van der Waals surface area contributed by atoms with Crippen molar-refractivity contribution in [1.82, 2.24) is 15.0 Å². The van der Waals surface area contributed by atoms with Gasteiger partial charge in [0.05, 0.1) is 15.9 Å². The lowest BCUT2D eigenvalue weighted by Gasteiger charge is -2.06. The summed E-state index contributed by atoms with van der Waals surface area (Å²) in [4.78, 5) is 24.4. The van der Waals surface area contributed by atoms with Crippen molar-refractivity contribution in [2.24, 2.45) is 0 Å². The van der Waals surface area contributed by atoms with E-state index in [0.29, 0.717) is 11.0 Å². The number of nitrogens with one attached hydrogen (secondary N) is 1. The zero-order valence-electron chi connectivity index (χ0n) is 14.6. The monoisotopic (exact) mass is 342 g/mol. The van der Waals surface area contributed by atoms with E-state index in [0.717, 1.165) is 27.3 Å². The molecule has 6 heteroatoms. The summed E-state index contributed by atoms with van der Waals surface area (Å²) < 4.78 is 1.02. The molecule has 126 valence electrons. The molecule has 0 saturated heterocycles. The molecule has 0 radical (unpaired) electrons. The van der Waals surface area contributed by atoms with Crippen LogP contribution in [0.15, 0.2) is 30.5 Å². The molecule has 1 aromatic carbocycles. The third-order valence-corrected chi connectivity index (χ3v) is 4.09. The van der Waals surface area contributed by atoms with Gasteiger partial charge in [-0.05, 0) is 18.2 Å². The Morgan fingerprint density at radius 3 is 2.58 bits per heavy atom. The molecule has 3 rings (SSSR count). The second-order valence-corrected chi connectivity index (χ2v) is 6.37. The SMILES string of the molecule is CC.CC(=O)Nc1nc2ccc(-c3ccnc(C(C)C)n3)cc2s1. The highest BCUT2D eigenvalue weighted by atomic mass is 32.1. The molecular formula is C18H22N4OS. The topological polar surface area (TPSA) is 67.8 Å². The molecule has 0 aliphatic carbocycles. The van der Waals surface area contributed by atoms with Crippen molar-refractivity contribution < 1.29 is 4.79 Å².